The fraction of sp³-hybridized carbons (Fsp3) is 0.267. The Balaban J connectivity index is 1.55. The number of hydrogen-bond donors (Lipinski definition) is 2. The van der Waals surface area contributed by atoms with E-state index in [-0.39, 0.29) is 5.91 Å². The maximum absolute atomic E-state index is 12.1. The van der Waals surface area contributed by atoms with E-state index in [0.717, 1.165) is 19.5 Å². The zero-order valence-electron chi connectivity index (χ0n) is 12.0. The summed E-state index contributed by atoms with van der Waals surface area (Å²) in [4.78, 5) is 15.6. The van der Waals surface area contributed by atoms with Gasteiger partial charge in [-0.25, -0.2) is 0 Å². The number of fused-ring (bicyclic) bond motifs is 1. The molecule has 4 nitrogen and oxygen atoms in total. The maximum Gasteiger partial charge on any atom is 0.252 e. The lowest BCUT2D eigenvalue weighted by atomic mass is 10.1. The molecule has 0 fully saturated rings. The van der Waals surface area contributed by atoms with Crippen molar-refractivity contribution >= 4 is 57.7 Å². The monoisotopic (exact) mass is 389 g/mol. The van der Waals surface area contributed by atoms with Gasteiger partial charge in [0.15, 0.2) is 0 Å². The summed E-state index contributed by atoms with van der Waals surface area (Å²) in [6.07, 6.45) is 0.989. The maximum atomic E-state index is 12.1. The average molecular weight is 391 g/mol. The Labute approximate surface area is 153 Å². The van der Waals surface area contributed by atoms with Crippen LogP contribution in [0.2, 0.25) is 15.1 Å². The SMILES string of the molecule is O=C(CN1CCc2sccc2C1)NNc1c(Cl)cc(Cl)cc1Cl. The largest absolute Gasteiger partial charge is 0.296 e. The molecule has 0 radical (unpaired) electrons. The highest BCUT2D eigenvalue weighted by molar-refractivity contribution is 7.10. The van der Waals surface area contributed by atoms with E-state index in [4.69, 9.17) is 34.8 Å². The first-order chi connectivity index (χ1) is 11.0. The summed E-state index contributed by atoms with van der Waals surface area (Å²) in [5, 5.41) is 3.24. The van der Waals surface area contributed by atoms with Crippen molar-refractivity contribution in [1.82, 2.24) is 10.3 Å². The number of hydrazine groups is 1. The standard InChI is InChI=1S/C15H14Cl3N3OS/c16-10-5-11(17)15(12(18)6-10)20-19-14(22)8-21-3-1-13-9(7-21)2-4-23-13/h2,4-6,20H,1,3,7-8H2,(H,19,22). The van der Waals surface area contributed by atoms with Gasteiger partial charge in [0.2, 0.25) is 0 Å². The fourth-order valence-corrected chi connectivity index (χ4v) is 4.28. The normalized spacial score (nSPS) is 14.4. The summed E-state index contributed by atoms with van der Waals surface area (Å²) in [5.41, 5.74) is 7.14. The van der Waals surface area contributed by atoms with E-state index < -0.39 is 0 Å². The van der Waals surface area contributed by atoms with Crippen LogP contribution in [0.1, 0.15) is 10.4 Å². The van der Waals surface area contributed by atoms with Crippen molar-refractivity contribution < 1.29 is 4.79 Å². The van der Waals surface area contributed by atoms with Crippen molar-refractivity contribution in [1.29, 1.82) is 0 Å². The molecule has 23 heavy (non-hydrogen) atoms. The number of nitrogens with zero attached hydrogens (tertiary/aromatic N) is 1. The van der Waals surface area contributed by atoms with E-state index in [1.807, 2.05) is 0 Å². The minimum atomic E-state index is -0.147. The number of amides is 1. The molecule has 1 aliphatic heterocycles. The molecule has 0 atom stereocenters. The van der Waals surface area contributed by atoms with Crippen LogP contribution in [0.15, 0.2) is 23.6 Å². The summed E-state index contributed by atoms with van der Waals surface area (Å²) in [6, 6.07) is 5.24. The summed E-state index contributed by atoms with van der Waals surface area (Å²) in [6.45, 7) is 1.99. The highest BCUT2D eigenvalue weighted by Gasteiger charge is 2.19. The second-order valence-corrected chi connectivity index (χ2v) is 7.50. The molecule has 1 aromatic carbocycles. The van der Waals surface area contributed by atoms with Crippen LogP contribution in [-0.4, -0.2) is 23.9 Å². The van der Waals surface area contributed by atoms with Crippen molar-refractivity contribution in [3.63, 3.8) is 0 Å². The molecule has 0 saturated heterocycles. The predicted octanol–water partition coefficient (Wildman–Crippen LogP) is 4.21. The molecule has 1 amide bonds. The molecule has 0 saturated carbocycles. The highest BCUT2D eigenvalue weighted by Crippen LogP contribution is 2.33. The molecule has 0 spiro atoms. The third kappa shape index (κ3) is 4.11. The van der Waals surface area contributed by atoms with Gasteiger partial charge in [0.05, 0.1) is 22.3 Å². The number of halogens is 3. The molecular weight excluding hydrogens is 377 g/mol. The third-order valence-corrected chi connectivity index (χ3v) is 5.43. The smallest absolute Gasteiger partial charge is 0.252 e. The second kappa shape index (κ2) is 7.28. The molecule has 2 N–H and O–H groups in total. The Hall–Kier alpha value is -0.980. The lowest BCUT2D eigenvalue weighted by molar-refractivity contribution is -0.121. The van der Waals surface area contributed by atoms with E-state index in [1.54, 1.807) is 23.5 Å². The van der Waals surface area contributed by atoms with Gasteiger partial charge in [-0.1, -0.05) is 34.8 Å². The Morgan fingerprint density at radius 3 is 2.74 bits per heavy atom. The number of rotatable bonds is 4. The Kier molecular flexibility index (Phi) is 5.34. The highest BCUT2D eigenvalue weighted by atomic mass is 35.5. The Morgan fingerprint density at radius 1 is 1.26 bits per heavy atom. The van der Waals surface area contributed by atoms with Crippen molar-refractivity contribution in [2.75, 3.05) is 18.5 Å². The molecule has 0 aliphatic carbocycles. The van der Waals surface area contributed by atoms with Crippen molar-refractivity contribution in [2.45, 2.75) is 13.0 Å². The molecule has 1 aromatic heterocycles. The van der Waals surface area contributed by atoms with Crippen LogP contribution in [0.3, 0.4) is 0 Å². The van der Waals surface area contributed by atoms with Gasteiger partial charge in [0.1, 0.15) is 0 Å². The molecule has 2 heterocycles. The van der Waals surface area contributed by atoms with E-state index >= 15 is 0 Å². The number of nitrogens with one attached hydrogen (secondary N) is 2. The van der Waals surface area contributed by atoms with Crippen LogP contribution in [-0.2, 0) is 17.8 Å². The molecule has 122 valence electrons. The number of benzene rings is 1. The molecule has 1 aliphatic rings. The number of anilines is 1. The van der Waals surface area contributed by atoms with Crippen LogP contribution in [0.4, 0.5) is 5.69 Å². The molecule has 0 unspecified atom stereocenters. The van der Waals surface area contributed by atoms with Gasteiger partial charge in [-0.2, -0.15) is 0 Å². The van der Waals surface area contributed by atoms with Crippen molar-refractivity contribution in [3.05, 3.63) is 49.1 Å². The van der Waals surface area contributed by atoms with Gasteiger partial charge in [-0.3, -0.25) is 20.5 Å². The van der Waals surface area contributed by atoms with Gasteiger partial charge in [0, 0.05) is 23.0 Å². The first-order valence-corrected chi connectivity index (χ1v) is 9.01. The first-order valence-electron chi connectivity index (χ1n) is 7.00. The minimum absolute atomic E-state index is 0.147. The van der Waals surface area contributed by atoms with Gasteiger partial charge in [0.25, 0.3) is 5.91 Å². The summed E-state index contributed by atoms with van der Waals surface area (Å²) < 4.78 is 0. The first kappa shape index (κ1) is 16.9. The van der Waals surface area contributed by atoms with Crippen molar-refractivity contribution in [3.8, 4) is 0 Å². The molecule has 0 bridgehead atoms. The number of carbonyl (C=O) groups excluding carboxylic acids is 1. The van der Waals surface area contributed by atoms with E-state index in [9.17, 15) is 4.79 Å². The van der Waals surface area contributed by atoms with E-state index in [1.165, 1.54) is 10.4 Å². The van der Waals surface area contributed by atoms with Gasteiger partial charge in [-0.05, 0) is 35.6 Å². The lowest BCUT2D eigenvalue weighted by Crippen LogP contribution is -2.41. The fourth-order valence-electron chi connectivity index (χ4n) is 2.48. The van der Waals surface area contributed by atoms with Gasteiger partial charge in [-0.15, -0.1) is 11.3 Å². The zero-order valence-corrected chi connectivity index (χ0v) is 15.1. The predicted molar refractivity (Wildman–Crippen MR) is 96.5 cm³/mol. The van der Waals surface area contributed by atoms with Crippen LogP contribution in [0.5, 0.6) is 0 Å². The summed E-state index contributed by atoms with van der Waals surface area (Å²) in [5.74, 6) is -0.147. The quantitative estimate of drug-likeness (QED) is 0.769. The molecule has 3 rings (SSSR count). The van der Waals surface area contributed by atoms with Crippen LogP contribution < -0.4 is 10.9 Å². The number of carbonyl (C=O) groups is 1. The Morgan fingerprint density at radius 2 is 2.00 bits per heavy atom. The molecular formula is C15H14Cl3N3OS. The summed E-state index contributed by atoms with van der Waals surface area (Å²) >= 11 is 19.8. The minimum Gasteiger partial charge on any atom is -0.296 e. The molecule has 8 heteroatoms. The topological polar surface area (TPSA) is 44.4 Å². The zero-order chi connectivity index (χ0) is 16.4. The second-order valence-electron chi connectivity index (χ2n) is 5.25. The third-order valence-electron chi connectivity index (χ3n) is 3.59. The van der Waals surface area contributed by atoms with Crippen LogP contribution >= 0.6 is 46.1 Å². The summed E-state index contributed by atoms with van der Waals surface area (Å²) in [7, 11) is 0. The Bertz CT molecular complexity index is 712. The van der Waals surface area contributed by atoms with Crippen LogP contribution in [0.25, 0.3) is 0 Å². The lowest BCUT2D eigenvalue weighted by Gasteiger charge is -2.26. The van der Waals surface area contributed by atoms with Crippen LogP contribution in [0, 0.1) is 0 Å². The van der Waals surface area contributed by atoms with E-state index in [0.29, 0.717) is 27.3 Å². The van der Waals surface area contributed by atoms with Gasteiger partial charge >= 0.3 is 0 Å². The average Bonchev–Trinajstić information content (AvgIpc) is 2.93. The van der Waals surface area contributed by atoms with Crippen molar-refractivity contribution in [2.24, 2.45) is 0 Å². The number of thiophene rings is 1. The van der Waals surface area contributed by atoms with E-state index in [2.05, 4.69) is 27.2 Å². The van der Waals surface area contributed by atoms with Gasteiger partial charge < -0.3 is 0 Å². The number of hydrogen-bond acceptors (Lipinski definition) is 4. The molecule has 2 aromatic rings.